The van der Waals surface area contributed by atoms with Crippen LogP contribution in [0.15, 0.2) is 29.3 Å². The second kappa shape index (κ2) is 6.25. The van der Waals surface area contributed by atoms with Gasteiger partial charge in [0.2, 0.25) is 0 Å². The van der Waals surface area contributed by atoms with Crippen LogP contribution in [-0.2, 0) is 5.41 Å². The average Bonchev–Trinajstić information content (AvgIpc) is 3.21. The highest BCUT2D eigenvalue weighted by molar-refractivity contribution is 5.80. The summed E-state index contributed by atoms with van der Waals surface area (Å²) in [6.07, 6.45) is 2.46. The third-order valence-electron chi connectivity index (χ3n) is 3.52. The Labute approximate surface area is 120 Å². The van der Waals surface area contributed by atoms with Crippen molar-refractivity contribution in [2.24, 2.45) is 4.99 Å². The highest BCUT2D eigenvalue weighted by Gasteiger charge is 2.24. The van der Waals surface area contributed by atoms with E-state index >= 15 is 0 Å². The Morgan fingerprint density at radius 1 is 1.30 bits per heavy atom. The number of benzene rings is 1. The van der Waals surface area contributed by atoms with Gasteiger partial charge in [0.1, 0.15) is 5.82 Å². The molecule has 0 atom stereocenters. The summed E-state index contributed by atoms with van der Waals surface area (Å²) in [6.45, 7) is 7.85. The van der Waals surface area contributed by atoms with Crippen molar-refractivity contribution in [3.63, 3.8) is 0 Å². The first-order chi connectivity index (χ1) is 9.51. The van der Waals surface area contributed by atoms with E-state index in [2.05, 4.69) is 36.4 Å². The van der Waals surface area contributed by atoms with Crippen molar-refractivity contribution in [2.45, 2.75) is 45.1 Å². The molecule has 0 heterocycles. The van der Waals surface area contributed by atoms with Crippen LogP contribution >= 0.6 is 0 Å². The average molecular weight is 277 g/mol. The van der Waals surface area contributed by atoms with Crippen LogP contribution in [0.3, 0.4) is 0 Å². The van der Waals surface area contributed by atoms with Crippen molar-refractivity contribution in [1.29, 1.82) is 0 Å². The zero-order valence-electron chi connectivity index (χ0n) is 12.5. The molecule has 1 fully saturated rings. The van der Waals surface area contributed by atoms with Gasteiger partial charge in [-0.2, -0.15) is 0 Å². The number of guanidine groups is 1. The first kappa shape index (κ1) is 14.8. The maximum Gasteiger partial charge on any atom is 0.191 e. The Morgan fingerprint density at radius 3 is 2.50 bits per heavy atom. The van der Waals surface area contributed by atoms with Crippen LogP contribution in [-0.4, -0.2) is 25.1 Å². The van der Waals surface area contributed by atoms with Gasteiger partial charge < -0.3 is 10.6 Å². The summed E-state index contributed by atoms with van der Waals surface area (Å²) in [5, 5.41) is 6.67. The molecule has 1 aromatic rings. The summed E-state index contributed by atoms with van der Waals surface area (Å²) >= 11 is 0. The molecular formula is C16H24FN3. The fourth-order valence-electron chi connectivity index (χ4n) is 2.01. The normalized spacial score (nSPS) is 16.1. The number of halogens is 1. The summed E-state index contributed by atoms with van der Waals surface area (Å²) in [5.74, 6) is 0.682. The number of rotatable bonds is 5. The lowest BCUT2D eigenvalue weighted by molar-refractivity contribution is 0.534. The summed E-state index contributed by atoms with van der Waals surface area (Å²) in [6, 6.07) is 7.28. The molecule has 0 radical (unpaired) electrons. The smallest absolute Gasteiger partial charge is 0.191 e. The van der Waals surface area contributed by atoms with E-state index in [9.17, 15) is 4.39 Å². The fourth-order valence-corrected chi connectivity index (χ4v) is 2.01. The molecule has 0 aromatic heterocycles. The van der Waals surface area contributed by atoms with Crippen molar-refractivity contribution in [3.8, 4) is 0 Å². The highest BCUT2D eigenvalue weighted by Crippen LogP contribution is 2.24. The monoisotopic (exact) mass is 277 g/mol. The predicted molar refractivity (Wildman–Crippen MR) is 81.6 cm³/mol. The lowest BCUT2D eigenvalue weighted by Crippen LogP contribution is -2.39. The molecule has 0 aliphatic heterocycles. The minimum absolute atomic E-state index is 0.112. The molecule has 1 aromatic carbocycles. The van der Waals surface area contributed by atoms with Crippen LogP contribution in [0, 0.1) is 5.82 Å². The molecule has 1 aliphatic carbocycles. The summed E-state index contributed by atoms with van der Waals surface area (Å²) in [7, 11) is 0. The SMILES string of the molecule is CCNC(=NCC(C)(C)c1ccc(F)cc1)NC1CC1. The van der Waals surface area contributed by atoms with Gasteiger partial charge in [-0.3, -0.25) is 4.99 Å². The van der Waals surface area contributed by atoms with E-state index in [1.807, 2.05) is 12.1 Å². The van der Waals surface area contributed by atoms with Crippen LogP contribution in [0.2, 0.25) is 0 Å². The molecule has 0 saturated heterocycles. The summed E-state index contributed by atoms with van der Waals surface area (Å²) in [4.78, 5) is 4.66. The Hall–Kier alpha value is -1.58. The molecule has 4 heteroatoms. The zero-order valence-corrected chi connectivity index (χ0v) is 12.5. The van der Waals surface area contributed by atoms with Gasteiger partial charge in [-0.25, -0.2) is 4.39 Å². The highest BCUT2D eigenvalue weighted by atomic mass is 19.1. The minimum atomic E-state index is -0.197. The molecule has 0 spiro atoms. The van der Waals surface area contributed by atoms with E-state index in [1.54, 1.807) is 0 Å². The topological polar surface area (TPSA) is 36.4 Å². The van der Waals surface area contributed by atoms with Crippen LogP contribution in [0.25, 0.3) is 0 Å². The Balaban J connectivity index is 2.02. The molecule has 1 saturated carbocycles. The van der Waals surface area contributed by atoms with Gasteiger partial charge in [-0.15, -0.1) is 0 Å². The molecule has 0 bridgehead atoms. The third kappa shape index (κ3) is 4.22. The van der Waals surface area contributed by atoms with Crippen molar-refractivity contribution in [3.05, 3.63) is 35.6 Å². The van der Waals surface area contributed by atoms with E-state index in [-0.39, 0.29) is 11.2 Å². The van der Waals surface area contributed by atoms with Gasteiger partial charge in [0, 0.05) is 18.0 Å². The van der Waals surface area contributed by atoms with Gasteiger partial charge in [0.15, 0.2) is 5.96 Å². The molecule has 1 aliphatic rings. The third-order valence-corrected chi connectivity index (χ3v) is 3.52. The van der Waals surface area contributed by atoms with E-state index in [0.717, 1.165) is 18.1 Å². The predicted octanol–water partition coefficient (Wildman–Crippen LogP) is 2.82. The summed E-state index contributed by atoms with van der Waals surface area (Å²) < 4.78 is 13.0. The van der Waals surface area contributed by atoms with Crippen LogP contribution in [0.1, 0.15) is 39.2 Å². The molecule has 2 N–H and O–H groups in total. The van der Waals surface area contributed by atoms with Crippen LogP contribution in [0.4, 0.5) is 4.39 Å². The Morgan fingerprint density at radius 2 is 1.95 bits per heavy atom. The van der Waals surface area contributed by atoms with Gasteiger partial charge in [0.25, 0.3) is 0 Å². The molecule has 2 rings (SSSR count). The Bertz CT molecular complexity index is 461. The van der Waals surface area contributed by atoms with E-state index in [1.165, 1.54) is 25.0 Å². The zero-order chi connectivity index (χ0) is 14.6. The molecular weight excluding hydrogens is 253 g/mol. The maximum absolute atomic E-state index is 13.0. The number of hydrogen-bond donors (Lipinski definition) is 2. The quantitative estimate of drug-likeness (QED) is 0.641. The number of aliphatic imine (C=N–C) groups is 1. The standard InChI is InChI=1S/C16H24FN3/c1-4-18-15(20-14-9-10-14)19-11-16(2,3)12-5-7-13(17)8-6-12/h5-8,14H,4,9-11H2,1-3H3,(H2,18,19,20). The van der Waals surface area contributed by atoms with Crippen LogP contribution in [0.5, 0.6) is 0 Å². The first-order valence-electron chi connectivity index (χ1n) is 7.32. The van der Waals surface area contributed by atoms with E-state index < -0.39 is 0 Å². The van der Waals surface area contributed by atoms with Crippen molar-refractivity contribution in [1.82, 2.24) is 10.6 Å². The first-order valence-corrected chi connectivity index (χ1v) is 7.32. The van der Waals surface area contributed by atoms with Crippen molar-refractivity contribution >= 4 is 5.96 Å². The lowest BCUT2D eigenvalue weighted by Gasteiger charge is -2.24. The summed E-state index contributed by atoms with van der Waals surface area (Å²) in [5.41, 5.74) is 0.990. The maximum atomic E-state index is 13.0. The molecule has 20 heavy (non-hydrogen) atoms. The van der Waals surface area contributed by atoms with Gasteiger partial charge in [0.05, 0.1) is 6.54 Å². The largest absolute Gasteiger partial charge is 0.357 e. The van der Waals surface area contributed by atoms with E-state index in [4.69, 9.17) is 0 Å². The van der Waals surface area contributed by atoms with Gasteiger partial charge in [-0.05, 0) is 37.5 Å². The van der Waals surface area contributed by atoms with Gasteiger partial charge in [-0.1, -0.05) is 26.0 Å². The molecule has 0 amide bonds. The van der Waals surface area contributed by atoms with Gasteiger partial charge >= 0.3 is 0 Å². The number of nitrogens with one attached hydrogen (secondary N) is 2. The van der Waals surface area contributed by atoms with Crippen LogP contribution < -0.4 is 10.6 Å². The number of hydrogen-bond acceptors (Lipinski definition) is 1. The molecule has 3 nitrogen and oxygen atoms in total. The number of nitrogens with zero attached hydrogens (tertiary/aromatic N) is 1. The lowest BCUT2D eigenvalue weighted by atomic mass is 9.85. The van der Waals surface area contributed by atoms with E-state index in [0.29, 0.717) is 12.6 Å². The molecule has 110 valence electrons. The van der Waals surface area contributed by atoms with Crippen molar-refractivity contribution in [2.75, 3.05) is 13.1 Å². The molecule has 0 unspecified atom stereocenters. The fraction of sp³-hybridized carbons (Fsp3) is 0.562. The Kier molecular flexibility index (Phi) is 4.63. The van der Waals surface area contributed by atoms with Crippen molar-refractivity contribution < 1.29 is 4.39 Å². The second-order valence-corrected chi connectivity index (χ2v) is 6.00. The minimum Gasteiger partial charge on any atom is -0.357 e. The second-order valence-electron chi connectivity index (χ2n) is 6.00.